The number of ether oxygens (including phenoxy) is 2. The van der Waals surface area contributed by atoms with E-state index in [1.807, 2.05) is 18.2 Å². The topological polar surface area (TPSA) is 186 Å². The molecule has 12 nitrogen and oxygen atoms in total. The third-order valence-corrected chi connectivity index (χ3v) is 6.59. The predicted octanol–water partition coefficient (Wildman–Crippen LogP) is 4.88. The Labute approximate surface area is 263 Å². The van der Waals surface area contributed by atoms with Crippen LogP contribution in [0.5, 0.6) is 5.75 Å². The number of nitrogens with zero attached hydrogens (tertiary/aromatic N) is 3. The summed E-state index contributed by atoms with van der Waals surface area (Å²) < 4.78 is 74.7. The van der Waals surface area contributed by atoms with E-state index >= 15 is 0 Å². The van der Waals surface area contributed by atoms with Gasteiger partial charge in [0.05, 0.1) is 35.9 Å². The van der Waals surface area contributed by atoms with Gasteiger partial charge in [-0.05, 0) is 48.7 Å². The van der Waals surface area contributed by atoms with Crippen molar-refractivity contribution < 1.29 is 55.6 Å². The summed E-state index contributed by atoms with van der Waals surface area (Å²) in [7, 11) is 1.72. The Hall–Kier alpha value is -4.97. The predicted molar refractivity (Wildman–Crippen MR) is 156 cm³/mol. The molecule has 2 aromatic carbocycles. The van der Waals surface area contributed by atoms with Gasteiger partial charge in [0.1, 0.15) is 11.6 Å². The summed E-state index contributed by atoms with van der Waals surface area (Å²) in [4.78, 5) is 34.4. The average molecular weight is 673 g/mol. The first kappa shape index (κ1) is 36.5. The molecule has 0 saturated carbocycles. The number of carbonyl (C=O) groups is 2. The molecule has 1 aliphatic rings. The number of anilines is 1. The van der Waals surface area contributed by atoms with Gasteiger partial charge < -0.3 is 35.7 Å². The van der Waals surface area contributed by atoms with Gasteiger partial charge in [-0.1, -0.05) is 18.2 Å². The van der Waals surface area contributed by atoms with E-state index in [1.54, 1.807) is 13.3 Å². The van der Waals surface area contributed by atoms with Crippen LogP contribution in [0.2, 0.25) is 0 Å². The van der Waals surface area contributed by atoms with Gasteiger partial charge in [-0.15, -0.1) is 0 Å². The maximum Gasteiger partial charge on any atom is 0.490 e. The Balaban J connectivity index is 0.000000360. The number of nitrogen functional groups attached to an aromatic ring is 1. The van der Waals surface area contributed by atoms with Crippen LogP contribution < -0.4 is 15.8 Å². The van der Waals surface area contributed by atoms with Crippen LogP contribution in [0.3, 0.4) is 0 Å². The van der Waals surface area contributed by atoms with Crippen molar-refractivity contribution >= 4 is 28.9 Å². The second-order valence-electron chi connectivity index (χ2n) is 10.0. The van der Waals surface area contributed by atoms with E-state index in [2.05, 4.69) is 51.5 Å². The number of fused-ring (bicyclic) bond motifs is 2. The molecule has 2 aromatic heterocycles. The molecule has 3 heterocycles. The lowest BCUT2D eigenvalue weighted by molar-refractivity contribution is -0.193. The summed E-state index contributed by atoms with van der Waals surface area (Å²) in [6, 6.07) is 14.6. The van der Waals surface area contributed by atoms with Gasteiger partial charge in [-0.3, -0.25) is 0 Å². The van der Waals surface area contributed by atoms with Crippen molar-refractivity contribution in [2.24, 2.45) is 0 Å². The Morgan fingerprint density at radius 1 is 1.06 bits per heavy atom. The quantitative estimate of drug-likeness (QED) is 0.133. The second-order valence-corrected chi connectivity index (χ2v) is 10.0. The van der Waals surface area contributed by atoms with Crippen molar-refractivity contribution in [3.05, 3.63) is 65.6 Å². The zero-order valence-corrected chi connectivity index (χ0v) is 24.8. The van der Waals surface area contributed by atoms with E-state index in [4.69, 9.17) is 40.0 Å². The minimum Gasteiger partial charge on any atom is -0.493 e. The van der Waals surface area contributed by atoms with Crippen LogP contribution in [0.25, 0.3) is 22.3 Å². The molecule has 0 aliphatic carbocycles. The molecule has 4 aromatic rings. The van der Waals surface area contributed by atoms with Gasteiger partial charge in [-0.2, -0.15) is 26.3 Å². The summed E-state index contributed by atoms with van der Waals surface area (Å²) in [6.07, 6.45) is -7.62. The number of carboxylic acids is 2. The molecule has 0 saturated heterocycles. The van der Waals surface area contributed by atoms with Gasteiger partial charge >= 0.3 is 24.3 Å². The first-order valence-electron chi connectivity index (χ1n) is 13.7. The molecule has 5 rings (SSSR count). The number of imidazole rings is 1. The highest BCUT2D eigenvalue weighted by molar-refractivity contribution is 5.81. The monoisotopic (exact) mass is 672 g/mol. The number of nitrogens with two attached hydrogens (primary N) is 1. The number of benzene rings is 2. The number of methoxy groups -OCH3 is 1. The van der Waals surface area contributed by atoms with Crippen LogP contribution in [-0.4, -0.2) is 81.3 Å². The first-order chi connectivity index (χ1) is 22.0. The van der Waals surface area contributed by atoms with E-state index in [0.29, 0.717) is 13.2 Å². The molecule has 1 aliphatic heterocycles. The van der Waals surface area contributed by atoms with Gasteiger partial charge in [0.25, 0.3) is 0 Å². The molecule has 18 heteroatoms. The zero-order valence-electron chi connectivity index (χ0n) is 24.8. The van der Waals surface area contributed by atoms with Crippen LogP contribution >= 0.6 is 0 Å². The number of alkyl halides is 6. The van der Waals surface area contributed by atoms with Crippen LogP contribution in [0, 0.1) is 0 Å². The lowest BCUT2D eigenvalue weighted by atomic mass is 9.93. The molecule has 0 radical (unpaired) electrons. The molecule has 0 bridgehead atoms. The summed E-state index contributed by atoms with van der Waals surface area (Å²) in [5.41, 5.74) is 11.8. The smallest absolute Gasteiger partial charge is 0.490 e. The Kier molecular flexibility index (Phi) is 12.1. The van der Waals surface area contributed by atoms with E-state index in [1.165, 1.54) is 11.1 Å². The summed E-state index contributed by atoms with van der Waals surface area (Å²) in [5.74, 6) is -3.20. The number of carboxylic acid groups (broad SMARTS) is 2. The number of aromatic nitrogens is 4. The van der Waals surface area contributed by atoms with Crippen LogP contribution in [-0.2, 0) is 20.7 Å². The maximum atomic E-state index is 10.6. The van der Waals surface area contributed by atoms with Gasteiger partial charge in [-0.25, -0.2) is 24.5 Å². The standard InChI is InChI=1S/C25H28N6O2.2C2HF3O2/c1-15(27-9-10-32-2)16-4-6-23-18(11-16)12-19(14-33-23)24-29-21-5-3-17(13-22(21)30-24)20-7-8-28-25(26)31-20;2*3-2(4,5)1(6)7/h3-8,11,13,15,19,27H,9-10,12,14H2,1-2H3,(H,29,30)(H2,26,28,31);2*(H,6,7). The van der Waals surface area contributed by atoms with Crippen molar-refractivity contribution in [1.82, 2.24) is 25.3 Å². The number of aliphatic carboxylic acids is 2. The number of nitrogens with one attached hydrogen (secondary N) is 2. The lowest BCUT2D eigenvalue weighted by Gasteiger charge is -2.25. The highest BCUT2D eigenvalue weighted by Gasteiger charge is 2.39. The number of rotatable bonds is 7. The number of hydrogen-bond acceptors (Lipinski definition) is 9. The lowest BCUT2D eigenvalue weighted by Crippen LogP contribution is -2.24. The molecule has 254 valence electrons. The minimum absolute atomic E-state index is 0.162. The average Bonchev–Trinajstić information content (AvgIpc) is 3.44. The van der Waals surface area contributed by atoms with Crippen molar-refractivity contribution in [2.45, 2.75) is 37.7 Å². The number of aromatic amines is 1. The van der Waals surface area contributed by atoms with E-state index < -0.39 is 24.3 Å². The summed E-state index contributed by atoms with van der Waals surface area (Å²) in [5, 5.41) is 17.7. The highest BCUT2D eigenvalue weighted by atomic mass is 19.4. The SMILES string of the molecule is COCCNC(C)c1ccc2c(c1)CC(c1nc3ccc(-c4ccnc(N)n4)cc3[nH]1)CO2.O=C(O)C(F)(F)F.O=C(O)C(F)(F)F. The Morgan fingerprint density at radius 3 is 2.32 bits per heavy atom. The molecule has 0 spiro atoms. The first-order valence-corrected chi connectivity index (χ1v) is 13.7. The van der Waals surface area contributed by atoms with Gasteiger partial charge in [0.15, 0.2) is 0 Å². The minimum atomic E-state index is -5.08. The van der Waals surface area contributed by atoms with E-state index in [-0.39, 0.29) is 17.9 Å². The number of H-pyrrole nitrogens is 1. The van der Waals surface area contributed by atoms with Gasteiger partial charge in [0, 0.05) is 31.5 Å². The van der Waals surface area contributed by atoms with Crippen molar-refractivity contribution in [2.75, 3.05) is 32.6 Å². The fourth-order valence-corrected chi connectivity index (χ4v) is 4.27. The largest absolute Gasteiger partial charge is 0.493 e. The molecule has 6 N–H and O–H groups in total. The molecule has 2 unspecified atom stereocenters. The van der Waals surface area contributed by atoms with Crippen molar-refractivity contribution in [3.8, 4) is 17.0 Å². The van der Waals surface area contributed by atoms with Crippen molar-refractivity contribution in [1.29, 1.82) is 0 Å². The number of hydrogen-bond donors (Lipinski definition) is 5. The highest BCUT2D eigenvalue weighted by Crippen LogP contribution is 2.34. The van der Waals surface area contributed by atoms with Crippen LogP contribution in [0.1, 0.15) is 35.8 Å². The zero-order chi connectivity index (χ0) is 34.9. The molecule has 0 fully saturated rings. The molecular formula is C29H30F6N6O6. The second kappa shape index (κ2) is 15.5. The summed E-state index contributed by atoms with van der Waals surface area (Å²) >= 11 is 0. The van der Waals surface area contributed by atoms with Gasteiger partial charge in [0.2, 0.25) is 5.95 Å². The fourth-order valence-electron chi connectivity index (χ4n) is 4.27. The number of halogens is 6. The maximum absolute atomic E-state index is 10.6. The van der Waals surface area contributed by atoms with Crippen LogP contribution in [0.15, 0.2) is 48.7 Å². The van der Waals surface area contributed by atoms with Crippen molar-refractivity contribution in [3.63, 3.8) is 0 Å². The molecule has 47 heavy (non-hydrogen) atoms. The van der Waals surface area contributed by atoms with E-state index in [0.717, 1.165) is 46.8 Å². The molecule has 2 atom stereocenters. The third kappa shape index (κ3) is 10.5. The molecular weight excluding hydrogens is 642 g/mol. The fraction of sp³-hybridized carbons (Fsp3) is 0.345. The third-order valence-electron chi connectivity index (χ3n) is 6.59. The van der Waals surface area contributed by atoms with E-state index in [9.17, 15) is 26.3 Å². The normalized spacial score (nSPS) is 14.9. The van der Waals surface area contributed by atoms with Crippen LogP contribution in [0.4, 0.5) is 32.3 Å². The Bertz CT molecular complexity index is 1660. The Morgan fingerprint density at radius 2 is 1.72 bits per heavy atom. The molecule has 0 amide bonds. The summed E-state index contributed by atoms with van der Waals surface area (Å²) in [6.45, 7) is 4.28.